The van der Waals surface area contributed by atoms with Gasteiger partial charge in [-0.2, -0.15) is 10.4 Å². The number of carbonyl (C=O) groups is 1. The molecule has 0 bridgehead atoms. The topological polar surface area (TPSA) is 90.9 Å². The quantitative estimate of drug-likeness (QED) is 0.688. The maximum atomic E-state index is 12.8. The molecule has 5 heterocycles. The van der Waals surface area contributed by atoms with Crippen molar-refractivity contribution in [1.82, 2.24) is 19.7 Å². The van der Waals surface area contributed by atoms with Gasteiger partial charge in [-0.1, -0.05) is 13.0 Å². The van der Waals surface area contributed by atoms with Crippen LogP contribution in [0.3, 0.4) is 0 Å². The van der Waals surface area contributed by atoms with E-state index in [9.17, 15) is 4.79 Å². The Balaban J connectivity index is 1.37. The smallest absolute Gasteiger partial charge is 0.263 e. The first-order valence-electron chi connectivity index (χ1n) is 9.61. The van der Waals surface area contributed by atoms with Crippen LogP contribution in [0.25, 0.3) is 5.69 Å². The predicted molar refractivity (Wildman–Crippen MR) is 107 cm³/mol. The van der Waals surface area contributed by atoms with Gasteiger partial charge in [-0.15, -0.1) is 0 Å². The van der Waals surface area contributed by atoms with Crippen LogP contribution >= 0.6 is 0 Å². The third kappa shape index (κ3) is 3.01. The van der Waals surface area contributed by atoms with E-state index in [1.54, 1.807) is 40.2 Å². The number of anilines is 2. The standard InChI is InChI=1S/C21H19N7O/c1-14-7-8-26(11-14)19-6-5-16(10-23-19)28-12-17-18(25-28)13-27(21(17)29)20-4-2-3-15(9-22)24-20/h2-6,10,12,14H,7-8,11,13H2,1H3/t14-/m0/s1. The average molecular weight is 385 g/mol. The minimum atomic E-state index is -0.163. The molecule has 29 heavy (non-hydrogen) atoms. The fraction of sp³-hybridized carbons (Fsp3) is 0.286. The second-order valence-corrected chi connectivity index (χ2v) is 7.53. The van der Waals surface area contributed by atoms with E-state index in [1.807, 2.05) is 18.2 Å². The molecule has 0 spiro atoms. The number of rotatable bonds is 3. The minimum absolute atomic E-state index is 0.163. The summed E-state index contributed by atoms with van der Waals surface area (Å²) in [4.78, 5) is 25.5. The lowest BCUT2D eigenvalue weighted by molar-refractivity contribution is 0.0995. The van der Waals surface area contributed by atoms with Crippen molar-refractivity contribution in [3.63, 3.8) is 0 Å². The summed E-state index contributed by atoms with van der Waals surface area (Å²) < 4.78 is 1.70. The van der Waals surface area contributed by atoms with E-state index in [0.29, 0.717) is 29.5 Å². The molecule has 1 saturated heterocycles. The van der Waals surface area contributed by atoms with Crippen LogP contribution in [-0.2, 0) is 6.54 Å². The summed E-state index contributed by atoms with van der Waals surface area (Å²) in [6.07, 6.45) is 4.72. The number of aromatic nitrogens is 4. The highest BCUT2D eigenvalue weighted by Crippen LogP contribution is 2.28. The first kappa shape index (κ1) is 17.4. The average Bonchev–Trinajstić information content (AvgIpc) is 3.44. The molecule has 0 aromatic carbocycles. The highest BCUT2D eigenvalue weighted by molar-refractivity contribution is 6.09. The lowest BCUT2D eigenvalue weighted by Crippen LogP contribution is -2.25. The molecule has 0 N–H and O–H groups in total. The fourth-order valence-corrected chi connectivity index (χ4v) is 3.87. The van der Waals surface area contributed by atoms with Gasteiger partial charge in [-0.25, -0.2) is 14.6 Å². The largest absolute Gasteiger partial charge is 0.356 e. The van der Waals surface area contributed by atoms with Gasteiger partial charge < -0.3 is 4.90 Å². The summed E-state index contributed by atoms with van der Waals surface area (Å²) in [5, 5.41) is 13.6. The third-order valence-electron chi connectivity index (χ3n) is 5.44. The van der Waals surface area contributed by atoms with Crippen LogP contribution in [0.2, 0.25) is 0 Å². The number of pyridine rings is 2. The first-order chi connectivity index (χ1) is 14.1. The maximum absolute atomic E-state index is 12.8. The van der Waals surface area contributed by atoms with Crippen molar-refractivity contribution in [3.8, 4) is 11.8 Å². The molecule has 8 heteroatoms. The summed E-state index contributed by atoms with van der Waals surface area (Å²) in [7, 11) is 0. The molecule has 2 aliphatic heterocycles. The summed E-state index contributed by atoms with van der Waals surface area (Å²) in [6.45, 7) is 4.66. The molecule has 3 aromatic heterocycles. The Hall–Kier alpha value is -3.73. The predicted octanol–water partition coefficient (Wildman–Crippen LogP) is 2.54. The number of hydrogen-bond donors (Lipinski definition) is 0. The third-order valence-corrected chi connectivity index (χ3v) is 5.44. The van der Waals surface area contributed by atoms with E-state index < -0.39 is 0 Å². The van der Waals surface area contributed by atoms with E-state index in [0.717, 1.165) is 24.6 Å². The zero-order valence-electron chi connectivity index (χ0n) is 16.0. The maximum Gasteiger partial charge on any atom is 0.263 e. The molecule has 0 radical (unpaired) electrons. The fourth-order valence-electron chi connectivity index (χ4n) is 3.87. The number of nitrogens with zero attached hydrogens (tertiary/aromatic N) is 7. The van der Waals surface area contributed by atoms with Gasteiger partial charge in [0.2, 0.25) is 0 Å². The van der Waals surface area contributed by atoms with Crippen molar-refractivity contribution in [1.29, 1.82) is 5.26 Å². The van der Waals surface area contributed by atoms with Gasteiger partial charge in [0.05, 0.1) is 29.7 Å². The van der Waals surface area contributed by atoms with Gasteiger partial charge in [0, 0.05) is 19.3 Å². The molecule has 5 rings (SSSR count). The van der Waals surface area contributed by atoms with Gasteiger partial charge in [0.15, 0.2) is 0 Å². The molecule has 3 aromatic rings. The summed E-state index contributed by atoms with van der Waals surface area (Å²) in [5.41, 5.74) is 2.34. The number of amides is 1. The van der Waals surface area contributed by atoms with Crippen molar-refractivity contribution >= 4 is 17.5 Å². The Labute approximate surface area is 168 Å². The van der Waals surface area contributed by atoms with Crippen LogP contribution in [0, 0.1) is 17.2 Å². The van der Waals surface area contributed by atoms with Crippen molar-refractivity contribution in [3.05, 3.63) is 59.7 Å². The zero-order valence-corrected chi connectivity index (χ0v) is 16.0. The van der Waals surface area contributed by atoms with Gasteiger partial charge in [-0.05, 0) is 36.6 Å². The van der Waals surface area contributed by atoms with Crippen molar-refractivity contribution in [2.75, 3.05) is 22.9 Å². The van der Waals surface area contributed by atoms with E-state index in [4.69, 9.17) is 5.26 Å². The number of hydrogen-bond acceptors (Lipinski definition) is 6. The molecule has 0 saturated carbocycles. The van der Waals surface area contributed by atoms with Gasteiger partial charge in [-0.3, -0.25) is 9.69 Å². The number of nitriles is 1. The van der Waals surface area contributed by atoms with Gasteiger partial charge >= 0.3 is 0 Å². The molecule has 8 nitrogen and oxygen atoms in total. The highest BCUT2D eigenvalue weighted by atomic mass is 16.2. The monoisotopic (exact) mass is 385 g/mol. The highest BCUT2D eigenvalue weighted by Gasteiger charge is 2.33. The molecular weight excluding hydrogens is 366 g/mol. The van der Waals surface area contributed by atoms with Crippen LogP contribution in [-0.4, -0.2) is 38.7 Å². The SMILES string of the molecule is C[C@H]1CCN(c2ccc(-n3cc4c(n3)CN(c3cccc(C#N)n3)C4=O)cn2)C1. The summed E-state index contributed by atoms with van der Waals surface area (Å²) in [6, 6.07) is 11.0. The van der Waals surface area contributed by atoms with E-state index in [1.165, 1.54) is 6.42 Å². The van der Waals surface area contributed by atoms with E-state index >= 15 is 0 Å². The van der Waals surface area contributed by atoms with Crippen molar-refractivity contribution in [2.45, 2.75) is 19.9 Å². The summed E-state index contributed by atoms with van der Waals surface area (Å²) in [5.74, 6) is 1.97. The minimum Gasteiger partial charge on any atom is -0.356 e. The number of fused-ring (bicyclic) bond motifs is 1. The lowest BCUT2D eigenvalue weighted by atomic mass is 10.2. The molecule has 1 fully saturated rings. The molecule has 1 atom stereocenters. The molecule has 0 aliphatic carbocycles. The second-order valence-electron chi connectivity index (χ2n) is 7.53. The summed E-state index contributed by atoms with van der Waals surface area (Å²) >= 11 is 0. The Morgan fingerprint density at radius 3 is 2.79 bits per heavy atom. The van der Waals surface area contributed by atoms with Gasteiger partial charge in [0.25, 0.3) is 5.91 Å². The van der Waals surface area contributed by atoms with Crippen LogP contribution in [0.1, 0.15) is 35.1 Å². The van der Waals surface area contributed by atoms with Gasteiger partial charge in [0.1, 0.15) is 23.4 Å². The molecule has 0 unspecified atom stereocenters. The first-order valence-corrected chi connectivity index (χ1v) is 9.61. The Morgan fingerprint density at radius 2 is 2.10 bits per heavy atom. The number of carbonyl (C=O) groups excluding carboxylic acids is 1. The van der Waals surface area contributed by atoms with Crippen molar-refractivity contribution in [2.24, 2.45) is 5.92 Å². The van der Waals surface area contributed by atoms with Crippen LogP contribution in [0.4, 0.5) is 11.6 Å². The lowest BCUT2D eigenvalue weighted by Gasteiger charge is -2.17. The molecule has 2 aliphatic rings. The Morgan fingerprint density at radius 1 is 1.21 bits per heavy atom. The van der Waals surface area contributed by atoms with Crippen LogP contribution < -0.4 is 9.80 Å². The Bertz CT molecular complexity index is 1130. The van der Waals surface area contributed by atoms with Crippen molar-refractivity contribution < 1.29 is 4.79 Å². The molecule has 1 amide bonds. The van der Waals surface area contributed by atoms with Crippen LogP contribution in [0.5, 0.6) is 0 Å². The molecule has 144 valence electrons. The Kier molecular flexibility index (Phi) is 4.02. The zero-order chi connectivity index (χ0) is 20.0. The normalized spacial score (nSPS) is 18.2. The van der Waals surface area contributed by atoms with Crippen LogP contribution in [0.15, 0.2) is 42.7 Å². The van der Waals surface area contributed by atoms with E-state index in [2.05, 4.69) is 26.9 Å². The van der Waals surface area contributed by atoms with E-state index in [-0.39, 0.29) is 11.6 Å². The molecular formula is C21H19N7O. The second kappa shape index (κ2) is 6.71.